The molecule has 25 heavy (non-hydrogen) atoms. The van der Waals surface area contributed by atoms with E-state index in [0.29, 0.717) is 11.4 Å². The van der Waals surface area contributed by atoms with Gasteiger partial charge >= 0.3 is 0 Å². The monoisotopic (exact) mass is 358 g/mol. The van der Waals surface area contributed by atoms with Gasteiger partial charge in [-0.05, 0) is 55.3 Å². The van der Waals surface area contributed by atoms with Crippen LogP contribution in [0.2, 0.25) is 0 Å². The van der Waals surface area contributed by atoms with Gasteiger partial charge in [0.25, 0.3) is 0 Å². The molecule has 0 fully saturated rings. The fourth-order valence-corrected chi connectivity index (χ4v) is 3.35. The molecule has 130 valence electrons. The highest BCUT2D eigenvalue weighted by molar-refractivity contribution is 7.90. The number of benzene rings is 2. The van der Waals surface area contributed by atoms with Crippen molar-refractivity contribution >= 4 is 26.4 Å². The number of anilines is 1. The number of nitrogens with zero attached hydrogens (tertiary/aromatic N) is 1. The van der Waals surface area contributed by atoms with Crippen LogP contribution in [0.25, 0.3) is 10.9 Å². The van der Waals surface area contributed by atoms with Gasteiger partial charge in [0, 0.05) is 29.6 Å². The number of hydrogen-bond acceptors (Lipinski definition) is 4. The van der Waals surface area contributed by atoms with Gasteiger partial charge in [0.1, 0.15) is 5.82 Å². The Morgan fingerprint density at radius 1 is 1.08 bits per heavy atom. The second-order valence-corrected chi connectivity index (χ2v) is 8.08. The molecule has 1 heterocycles. The average molecular weight is 358 g/mol. The average Bonchev–Trinajstić information content (AvgIpc) is 2.55. The van der Waals surface area contributed by atoms with E-state index in [2.05, 4.69) is 10.3 Å². The first-order chi connectivity index (χ1) is 11.8. The Morgan fingerprint density at radius 2 is 1.80 bits per heavy atom. The number of aryl methyl sites for hydroxylation is 1. The number of rotatable bonds is 5. The summed E-state index contributed by atoms with van der Waals surface area (Å²) in [5.41, 5.74) is 3.48. The van der Waals surface area contributed by atoms with Gasteiger partial charge in [0.05, 0.1) is 10.4 Å². The number of aromatic nitrogens is 1. The van der Waals surface area contributed by atoms with E-state index < -0.39 is 9.84 Å². The van der Waals surface area contributed by atoms with Crippen molar-refractivity contribution in [2.24, 2.45) is 0 Å². The van der Waals surface area contributed by atoms with E-state index in [1.807, 2.05) is 25.1 Å². The van der Waals surface area contributed by atoms with Gasteiger partial charge in [-0.1, -0.05) is 12.1 Å². The van der Waals surface area contributed by atoms with Gasteiger partial charge in [-0.3, -0.25) is 4.98 Å². The van der Waals surface area contributed by atoms with E-state index >= 15 is 0 Å². The Bertz CT molecular complexity index is 1020. The summed E-state index contributed by atoms with van der Waals surface area (Å²) >= 11 is 0. The first kappa shape index (κ1) is 17.4. The molecule has 0 unspecified atom stereocenters. The predicted octanol–water partition coefficient (Wildman–Crippen LogP) is 3.74. The molecule has 6 heteroatoms. The van der Waals surface area contributed by atoms with Crippen molar-refractivity contribution in [2.45, 2.75) is 18.2 Å². The molecule has 0 atom stereocenters. The summed E-state index contributed by atoms with van der Waals surface area (Å²) in [7, 11) is -3.17. The van der Waals surface area contributed by atoms with E-state index in [4.69, 9.17) is 0 Å². The second-order valence-electron chi connectivity index (χ2n) is 6.07. The number of hydrogen-bond donors (Lipinski definition) is 1. The lowest BCUT2D eigenvalue weighted by Gasteiger charge is -2.11. The summed E-state index contributed by atoms with van der Waals surface area (Å²) in [6.45, 7) is 2.55. The molecule has 0 aliphatic heterocycles. The quantitative estimate of drug-likeness (QED) is 0.755. The molecule has 4 nitrogen and oxygen atoms in total. The van der Waals surface area contributed by atoms with Gasteiger partial charge in [-0.15, -0.1) is 0 Å². The maximum Gasteiger partial charge on any atom is 0.175 e. The van der Waals surface area contributed by atoms with Crippen molar-refractivity contribution < 1.29 is 12.8 Å². The number of pyridine rings is 1. The van der Waals surface area contributed by atoms with Crippen LogP contribution in [0.15, 0.2) is 53.4 Å². The highest BCUT2D eigenvalue weighted by atomic mass is 32.2. The first-order valence-electron chi connectivity index (χ1n) is 7.93. The molecule has 0 aliphatic carbocycles. The SMILES string of the molecule is Cc1cc(NCCc2ccc(S(C)(=O)=O)cc2)c2cc(F)ccc2n1. The largest absolute Gasteiger partial charge is 0.384 e. The van der Waals surface area contributed by atoms with Gasteiger partial charge in [-0.25, -0.2) is 12.8 Å². The van der Waals surface area contributed by atoms with E-state index in [9.17, 15) is 12.8 Å². The maximum atomic E-state index is 13.5. The third-order valence-corrected chi connectivity index (χ3v) is 5.11. The van der Waals surface area contributed by atoms with Gasteiger partial charge in [0.2, 0.25) is 0 Å². The molecule has 0 amide bonds. The summed E-state index contributed by atoms with van der Waals surface area (Å²) < 4.78 is 36.5. The summed E-state index contributed by atoms with van der Waals surface area (Å²) in [5, 5.41) is 4.07. The van der Waals surface area contributed by atoms with E-state index in [1.165, 1.54) is 18.4 Å². The lowest BCUT2D eigenvalue weighted by Crippen LogP contribution is -2.06. The summed E-state index contributed by atoms with van der Waals surface area (Å²) in [5.74, 6) is -0.294. The molecule has 3 rings (SSSR count). The van der Waals surface area contributed by atoms with Crippen LogP contribution < -0.4 is 5.32 Å². The van der Waals surface area contributed by atoms with Crippen LogP contribution in [-0.2, 0) is 16.3 Å². The minimum atomic E-state index is -3.17. The molecule has 2 aromatic carbocycles. The predicted molar refractivity (Wildman–Crippen MR) is 98.2 cm³/mol. The van der Waals surface area contributed by atoms with Crippen LogP contribution >= 0.6 is 0 Å². The van der Waals surface area contributed by atoms with Gasteiger partial charge in [0.15, 0.2) is 9.84 Å². The van der Waals surface area contributed by atoms with Crippen LogP contribution in [-0.4, -0.2) is 26.2 Å². The van der Waals surface area contributed by atoms with E-state index in [1.54, 1.807) is 18.2 Å². The summed E-state index contributed by atoms with van der Waals surface area (Å²) in [4.78, 5) is 4.73. The van der Waals surface area contributed by atoms with Crippen LogP contribution in [0.4, 0.5) is 10.1 Å². The molecule has 1 aromatic heterocycles. The zero-order valence-electron chi connectivity index (χ0n) is 14.1. The Morgan fingerprint density at radius 3 is 2.48 bits per heavy atom. The van der Waals surface area contributed by atoms with Crippen molar-refractivity contribution in [1.82, 2.24) is 4.98 Å². The minimum absolute atomic E-state index is 0.294. The Hall–Kier alpha value is -2.47. The standard InChI is InChI=1S/C19H19FN2O2S/c1-13-11-19(17-12-15(20)5-8-18(17)22-13)21-10-9-14-3-6-16(7-4-14)25(2,23)24/h3-8,11-12H,9-10H2,1-2H3,(H,21,22). The van der Waals surface area contributed by atoms with Crippen LogP contribution in [0.5, 0.6) is 0 Å². The maximum absolute atomic E-state index is 13.5. The second kappa shape index (κ2) is 6.80. The fraction of sp³-hybridized carbons (Fsp3) is 0.211. The Labute approximate surface area is 146 Å². The fourth-order valence-electron chi connectivity index (χ4n) is 2.72. The first-order valence-corrected chi connectivity index (χ1v) is 9.82. The molecular formula is C19H19FN2O2S. The van der Waals surface area contributed by atoms with Gasteiger partial charge in [-0.2, -0.15) is 0 Å². The minimum Gasteiger partial charge on any atom is -0.384 e. The molecule has 0 bridgehead atoms. The number of nitrogens with one attached hydrogen (secondary N) is 1. The van der Waals surface area contributed by atoms with Crippen LogP contribution in [0, 0.1) is 12.7 Å². The van der Waals surface area contributed by atoms with Crippen molar-refractivity contribution in [1.29, 1.82) is 0 Å². The van der Waals surface area contributed by atoms with Crippen molar-refractivity contribution in [3.05, 3.63) is 65.6 Å². The molecule has 0 saturated heterocycles. The Kier molecular flexibility index (Phi) is 4.72. The molecule has 3 aromatic rings. The highest BCUT2D eigenvalue weighted by Crippen LogP contribution is 2.24. The Balaban J connectivity index is 1.74. The molecule has 0 aliphatic rings. The topological polar surface area (TPSA) is 59.1 Å². The molecule has 0 saturated carbocycles. The van der Waals surface area contributed by atoms with Gasteiger partial charge < -0.3 is 5.32 Å². The van der Waals surface area contributed by atoms with E-state index in [0.717, 1.165) is 34.3 Å². The van der Waals surface area contributed by atoms with Crippen LogP contribution in [0.1, 0.15) is 11.3 Å². The number of halogens is 1. The zero-order valence-corrected chi connectivity index (χ0v) is 14.9. The lowest BCUT2D eigenvalue weighted by molar-refractivity contribution is 0.602. The van der Waals surface area contributed by atoms with Crippen molar-refractivity contribution in [2.75, 3.05) is 18.1 Å². The molecule has 1 N–H and O–H groups in total. The molecule has 0 radical (unpaired) electrons. The number of fused-ring (bicyclic) bond motifs is 1. The lowest BCUT2D eigenvalue weighted by atomic mass is 10.1. The zero-order chi connectivity index (χ0) is 18.0. The number of sulfone groups is 1. The summed E-state index contributed by atoms with van der Waals surface area (Å²) in [6.07, 6.45) is 1.92. The van der Waals surface area contributed by atoms with E-state index in [-0.39, 0.29) is 5.82 Å². The normalized spacial score (nSPS) is 11.6. The van der Waals surface area contributed by atoms with Crippen molar-refractivity contribution in [3.63, 3.8) is 0 Å². The third-order valence-electron chi connectivity index (χ3n) is 3.98. The summed E-state index contributed by atoms with van der Waals surface area (Å²) in [6, 6.07) is 13.3. The molecule has 0 spiro atoms. The van der Waals surface area contributed by atoms with Crippen LogP contribution in [0.3, 0.4) is 0 Å². The smallest absolute Gasteiger partial charge is 0.175 e. The third kappa shape index (κ3) is 4.14. The highest BCUT2D eigenvalue weighted by Gasteiger charge is 2.07. The van der Waals surface area contributed by atoms with Crippen molar-refractivity contribution in [3.8, 4) is 0 Å². The molecular weight excluding hydrogens is 339 g/mol.